The van der Waals surface area contributed by atoms with E-state index in [9.17, 15) is 4.79 Å². The SMILES string of the molecule is CCOc1cc(C(=O)Nc2nc3sc(C)c(C)n3n2)cc(OCC)c1OCC. The zero-order chi connectivity index (χ0) is 20.3. The highest BCUT2D eigenvalue weighted by Crippen LogP contribution is 2.39. The molecule has 1 N–H and O–H groups in total. The fourth-order valence-corrected chi connectivity index (χ4v) is 3.59. The highest BCUT2D eigenvalue weighted by molar-refractivity contribution is 7.17. The Bertz CT molecular complexity index is 968. The molecule has 2 aromatic heterocycles. The van der Waals surface area contributed by atoms with Crippen molar-refractivity contribution < 1.29 is 19.0 Å². The van der Waals surface area contributed by atoms with Crippen molar-refractivity contribution in [1.29, 1.82) is 0 Å². The molecule has 0 radical (unpaired) electrons. The molecule has 0 atom stereocenters. The van der Waals surface area contributed by atoms with Gasteiger partial charge < -0.3 is 14.2 Å². The van der Waals surface area contributed by atoms with Crippen LogP contribution in [-0.4, -0.2) is 40.3 Å². The number of aryl methyl sites for hydroxylation is 2. The topological polar surface area (TPSA) is 87.0 Å². The summed E-state index contributed by atoms with van der Waals surface area (Å²) in [6.45, 7) is 10.9. The van der Waals surface area contributed by atoms with Crippen LogP contribution in [0.2, 0.25) is 0 Å². The number of fused-ring (bicyclic) bond motifs is 1. The van der Waals surface area contributed by atoms with Gasteiger partial charge >= 0.3 is 0 Å². The average Bonchev–Trinajstić information content (AvgIpc) is 3.16. The summed E-state index contributed by atoms with van der Waals surface area (Å²) < 4.78 is 18.7. The van der Waals surface area contributed by atoms with E-state index in [-0.39, 0.29) is 11.9 Å². The van der Waals surface area contributed by atoms with E-state index < -0.39 is 0 Å². The third-order valence-corrected chi connectivity index (χ3v) is 5.09. The lowest BCUT2D eigenvalue weighted by Crippen LogP contribution is -2.14. The maximum Gasteiger partial charge on any atom is 0.258 e. The van der Waals surface area contributed by atoms with Gasteiger partial charge in [-0.1, -0.05) is 11.3 Å². The van der Waals surface area contributed by atoms with Crippen molar-refractivity contribution in [3.63, 3.8) is 0 Å². The third kappa shape index (κ3) is 3.89. The molecular weight excluding hydrogens is 380 g/mol. The standard InChI is InChI=1S/C19H24N4O4S/c1-6-25-14-9-13(10-15(26-7-2)16(14)27-8-3)17(24)20-18-21-19-23(22-18)11(4)12(5)28-19/h9-10H,6-8H2,1-5H3,(H,20,22,24). The lowest BCUT2D eigenvalue weighted by atomic mass is 10.1. The average molecular weight is 404 g/mol. The Hall–Kier alpha value is -2.81. The molecule has 0 unspecified atom stereocenters. The molecule has 3 rings (SSSR count). The molecule has 28 heavy (non-hydrogen) atoms. The molecule has 9 heteroatoms. The second-order valence-electron chi connectivity index (χ2n) is 5.93. The minimum absolute atomic E-state index is 0.254. The molecule has 0 saturated carbocycles. The summed E-state index contributed by atoms with van der Waals surface area (Å²) in [5.41, 5.74) is 1.38. The van der Waals surface area contributed by atoms with Crippen LogP contribution in [0.3, 0.4) is 0 Å². The van der Waals surface area contributed by atoms with Gasteiger partial charge in [-0.2, -0.15) is 4.98 Å². The number of aromatic nitrogens is 3. The molecule has 1 amide bonds. The van der Waals surface area contributed by atoms with E-state index in [0.717, 1.165) is 15.5 Å². The van der Waals surface area contributed by atoms with Crippen LogP contribution < -0.4 is 19.5 Å². The number of hydrogen-bond acceptors (Lipinski definition) is 7. The number of ether oxygens (including phenoxy) is 3. The summed E-state index contributed by atoms with van der Waals surface area (Å²) in [5.74, 6) is 1.33. The molecule has 150 valence electrons. The summed E-state index contributed by atoms with van der Waals surface area (Å²) in [6, 6.07) is 3.28. The van der Waals surface area contributed by atoms with Crippen LogP contribution in [0.25, 0.3) is 4.96 Å². The van der Waals surface area contributed by atoms with Crippen molar-refractivity contribution in [1.82, 2.24) is 14.6 Å². The Morgan fingerprint density at radius 3 is 2.21 bits per heavy atom. The highest BCUT2D eigenvalue weighted by atomic mass is 32.1. The van der Waals surface area contributed by atoms with Gasteiger partial charge in [-0.05, 0) is 46.8 Å². The summed E-state index contributed by atoms with van der Waals surface area (Å²) in [4.78, 5) is 19.1. The maximum absolute atomic E-state index is 12.8. The van der Waals surface area contributed by atoms with E-state index in [4.69, 9.17) is 14.2 Å². The lowest BCUT2D eigenvalue weighted by molar-refractivity contribution is 0.102. The molecule has 1 aromatic carbocycles. The summed E-state index contributed by atoms with van der Waals surface area (Å²) >= 11 is 1.53. The van der Waals surface area contributed by atoms with Gasteiger partial charge in [0.05, 0.1) is 25.5 Å². The normalized spacial score (nSPS) is 10.9. The van der Waals surface area contributed by atoms with E-state index in [1.807, 2.05) is 34.6 Å². The van der Waals surface area contributed by atoms with E-state index in [1.165, 1.54) is 11.3 Å². The zero-order valence-electron chi connectivity index (χ0n) is 16.7. The second kappa shape index (κ2) is 8.47. The van der Waals surface area contributed by atoms with Crippen molar-refractivity contribution >= 4 is 28.2 Å². The predicted octanol–water partition coefficient (Wildman–Crippen LogP) is 3.86. The molecule has 0 spiro atoms. The number of rotatable bonds is 8. The van der Waals surface area contributed by atoms with Crippen molar-refractivity contribution in [3.05, 3.63) is 28.3 Å². The molecule has 0 saturated heterocycles. The van der Waals surface area contributed by atoms with Crippen LogP contribution >= 0.6 is 11.3 Å². The lowest BCUT2D eigenvalue weighted by Gasteiger charge is -2.16. The van der Waals surface area contributed by atoms with Gasteiger partial charge in [0.1, 0.15) is 0 Å². The third-order valence-electron chi connectivity index (χ3n) is 4.05. The van der Waals surface area contributed by atoms with Gasteiger partial charge in [-0.3, -0.25) is 10.1 Å². The molecule has 0 fully saturated rings. The molecule has 0 bridgehead atoms. The Labute approximate surface area is 167 Å². The van der Waals surface area contributed by atoms with Crippen LogP contribution in [0, 0.1) is 13.8 Å². The van der Waals surface area contributed by atoms with Gasteiger partial charge in [-0.25, -0.2) is 4.52 Å². The molecule has 0 aliphatic heterocycles. The molecule has 0 aliphatic rings. The van der Waals surface area contributed by atoms with Crippen LogP contribution in [0.4, 0.5) is 5.95 Å². The molecule has 3 aromatic rings. The number of anilines is 1. The first-order chi connectivity index (χ1) is 13.5. The van der Waals surface area contributed by atoms with Gasteiger partial charge in [0.2, 0.25) is 10.7 Å². The van der Waals surface area contributed by atoms with E-state index in [2.05, 4.69) is 15.4 Å². The number of amides is 1. The van der Waals surface area contributed by atoms with Crippen molar-refractivity contribution in [2.24, 2.45) is 0 Å². The Morgan fingerprint density at radius 1 is 1.07 bits per heavy atom. The van der Waals surface area contributed by atoms with E-state index >= 15 is 0 Å². The maximum atomic E-state index is 12.8. The number of nitrogens with one attached hydrogen (secondary N) is 1. The first kappa shape index (κ1) is 19.9. The summed E-state index contributed by atoms with van der Waals surface area (Å²) in [6.07, 6.45) is 0. The van der Waals surface area contributed by atoms with Crippen molar-refractivity contribution in [2.75, 3.05) is 25.1 Å². The van der Waals surface area contributed by atoms with Crippen molar-refractivity contribution in [3.8, 4) is 17.2 Å². The van der Waals surface area contributed by atoms with Crippen LogP contribution in [0.15, 0.2) is 12.1 Å². The quantitative estimate of drug-likeness (QED) is 0.614. The van der Waals surface area contributed by atoms with Gasteiger partial charge in [0.15, 0.2) is 11.5 Å². The van der Waals surface area contributed by atoms with Crippen molar-refractivity contribution in [2.45, 2.75) is 34.6 Å². The number of nitrogens with zero attached hydrogens (tertiary/aromatic N) is 3. The first-order valence-electron chi connectivity index (χ1n) is 9.18. The van der Waals surface area contributed by atoms with Crippen LogP contribution in [0.1, 0.15) is 41.7 Å². The highest BCUT2D eigenvalue weighted by Gasteiger charge is 2.20. The number of hydrogen-bond donors (Lipinski definition) is 1. The van der Waals surface area contributed by atoms with Crippen LogP contribution in [-0.2, 0) is 0 Å². The minimum atomic E-state index is -0.349. The van der Waals surface area contributed by atoms with E-state index in [0.29, 0.717) is 42.6 Å². The van der Waals surface area contributed by atoms with Crippen LogP contribution in [0.5, 0.6) is 17.2 Å². The molecular formula is C19H24N4O4S. The van der Waals surface area contributed by atoms with E-state index in [1.54, 1.807) is 16.6 Å². The molecule has 2 heterocycles. The second-order valence-corrected chi connectivity index (χ2v) is 7.11. The number of carbonyl (C=O) groups is 1. The fourth-order valence-electron chi connectivity index (χ4n) is 2.69. The fraction of sp³-hybridized carbons (Fsp3) is 0.421. The number of carbonyl (C=O) groups excluding carboxylic acids is 1. The van der Waals surface area contributed by atoms with Gasteiger partial charge in [0, 0.05) is 10.4 Å². The number of benzene rings is 1. The molecule has 0 aliphatic carbocycles. The molecule has 8 nitrogen and oxygen atoms in total. The largest absolute Gasteiger partial charge is 0.490 e. The van der Waals surface area contributed by atoms with Gasteiger partial charge in [0.25, 0.3) is 11.9 Å². The predicted molar refractivity (Wildman–Crippen MR) is 108 cm³/mol. The zero-order valence-corrected chi connectivity index (χ0v) is 17.5. The monoisotopic (exact) mass is 404 g/mol. The minimum Gasteiger partial charge on any atom is -0.490 e. The Kier molecular flexibility index (Phi) is 6.03. The number of thiazole rings is 1. The smallest absolute Gasteiger partial charge is 0.258 e. The Morgan fingerprint density at radius 2 is 1.68 bits per heavy atom. The Balaban J connectivity index is 1.92. The first-order valence-corrected chi connectivity index (χ1v) is 10.0. The summed E-state index contributed by atoms with van der Waals surface area (Å²) in [7, 11) is 0. The summed E-state index contributed by atoms with van der Waals surface area (Å²) in [5, 5.41) is 7.10. The van der Waals surface area contributed by atoms with Gasteiger partial charge in [-0.15, -0.1) is 5.10 Å².